The summed E-state index contributed by atoms with van der Waals surface area (Å²) in [6, 6.07) is 63.4. The molecule has 0 N–H and O–H groups in total. The van der Waals surface area contributed by atoms with Crippen LogP contribution in [0, 0.1) is 0 Å². The first-order valence-electron chi connectivity index (χ1n) is 19.8. The summed E-state index contributed by atoms with van der Waals surface area (Å²) in [7, 11) is 0. The van der Waals surface area contributed by atoms with Crippen molar-refractivity contribution >= 4 is 87.2 Å². The predicted molar refractivity (Wildman–Crippen MR) is 240 cm³/mol. The Hall–Kier alpha value is -8.09. The monoisotopic (exact) mass is 754 g/mol. The van der Waals surface area contributed by atoms with Crippen LogP contribution in [0.1, 0.15) is 0 Å². The second-order valence-corrected chi connectivity index (χ2v) is 15.2. The van der Waals surface area contributed by atoms with Gasteiger partial charge in [-0.1, -0.05) is 127 Å². The van der Waals surface area contributed by atoms with Crippen LogP contribution in [0.15, 0.2) is 191 Å². The van der Waals surface area contributed by atoms with Gasteiger partial charge in [-0.05, 0) is 70.1 Å². The van der Waals surface area contributed by atoms with Gasteiger partial charge in [0.2, 0.25) is 0 Å². The fourth-order valence-electron chi connectivity index (χ4n) is 9.04. The van der Waals surface area contributed by atoms with Gasteiger partial charge in [0.25, 0.3) is 0 Å². The molecule has 13 rings (SSSR count). The van der Waals surface area contributed by atoms with E-state index in [-0.39, 0.29) is 0 Å². The van der Waals surface area contributed by atoms with Crippen molar-refractivity contribution in [1.29, 1.82) is 0 Å². The van der Waals surface area contributed by atoms with Crippen LogP contribution in [-0.4, -0.2) is 19.5 Å². The molecule has 13 aromatic rings. The zero-order chi connectivity index (χ0) is 38.6. The normalized spacial score (nSPS) is 12.1. The van der Waals surface area contributed by atoms with Gasteiger partial charge in [0.15, 0.2) is 17.5 Å². The molecule has 0 bridgehead atoms. The molecule has 0 saturated heterocycles. The Morgan fingerprint density at radius 1 is 0.339 bits per heavy atom. The average molecular weight is 755 g/mol. The molecule has 0 spiro atoms. The molecule has 6 nitrogen and oxygen atoms in total. The van der Waals surface area contributed by atoms with Gasteiger partial charge < -0.3 is 13.4 Å². The molecule has 59 heavy (non-hydrogen) atoms. The molecule has 274 valence electrons. The molecule has 0 aliphatic rings. The minimum atomic E-state index is 0.527. The summed E-state index contributed by atoms with van der Waals surface area (Å²) in [6.45, 7) is 0. The molecular weight excluding hydrogens is 725 g/mol. The Kier molecular flexibility index (Phi) is 6.63. The maximum atomic E-state index is 6.60. The van der Waals surface area contributed by atoms with E-state index in [1.54, 1.807) is 0 Å². The number of aromatic nitrogens is 4. The summed E-state index contributed by atoms with van der Waals surface area (Å²) in [5.41, 5.74) is 8.76. The van der Waals surface area contributed by atoms with E-state index in [4.69, 9.17) is 23.8 Å². The zero-order valence-electron chi connectivity index (χ0n) is 31.4. The fourth-order valence-corrected chi connectivity index (χ4v) is 9.04. The van der Waals surface area contributed by atoms with Crippen LogP contribution in [0.3, 0.4) is 0 Å². The van der Waals surface area contributed by atoms with Gasteiger partial charge in [-0.3, -0.25) is 0 Å². The van der Waals surface area contributed by atoms with Crippen LogP contribution >= 0.6 is 0 Å². The van der Waals surface area contributed by atoms with Crippen molar-refractivity contribution in [2.75, 3.05) is 0 Å². The molecule has 0 aliphatic carbocycles. The second kappa shape index (κ2) is 12.2. The Morgan fingerprint density at radius 3 is 1.76 bits per heavy atom. The summed E-state index contributed by atoms with van der Waals surface area (Å²) in [6.07, 6.45) is 0. The van der Waals surface area contributed by atoms with Gasteiger partial charge in [0.05, 0.1) is 22.3 Å². The standard InChI is InChI=1S/C53H30N4O2/c1-2-13-32-26-35(25-24-31(32)12-1)51-54-52(40-20-11-19-39-37-17-6-10-23-48(37)59-50(39)40)56-53(55-51)43-29-42-38-18-7-9-22-47(38)58-49(42)30-46(43)57-44-21-8-5-16-36(44)41-27-33-14-3-4-15-34(33)28-45(41)57/h1-30H. The minimum absolute atomic E-state index is 0.527. The number of benzene rings is 9. The van der Waals surface area contributed by atoms with E-state index in [9.17, 15) is 0 Å². The molecule has 0 fully saturated rings. The van der Waals surface area contributed by atoms with Gasteiger partial charge in [0.1, 0.15) is 22.3 Å². The lowest BCUT2D eigenvalue weighted by Crippen LogP contribution is -2.04. The molecule has 0 amide bonds. The van der Waals surface area contributed by atoms with Crippen LogP contribution in [0.5, 0.6) is 0 Å². The smallest absolute Gasteiger partial charge is 0.167 e. The van der Waals surface area contributed by atoms with Gasteiger partial charge in [-0.15, -0.1) is 0 Å². The van der Waals surface area contributed by atoms with Gasteiger partial charge in [-0.2, -0.15) is 0 Å². The minimum Gasteiger partial charge on any atom is -0.456 e. The van der Waals surface area contributed by atoms with Crippen LogP contribution < -0.4 is 0 Å². The van der Waals surface area contributed by atoms with Crippen molar-refractivity contribution in [1.82, 2.24) is 19.5 Å². The Morgan fingerprint density at radius 2 is 0.949 bits per heavy atom. The molecule has 9 aromatic carbocycles. The predicted octanol–water partition coefficient (Wildman–Crippen LogP) is 14.1. The topological polar surface area (TPSA) is 69.9 Å². The summed E-state index contributed by atoms with van der Waals surface area (Å²) < 4.78 is 15.5. The van der Waals surface area contributed by atoms with E-state index < -0.39 is 0 Å². The third-order valence-electron chi connectivity index (χ3n) is 11.8. The van der Waals surface area contributed by atoms with Gasteiger partial charge >= 0.3 is 0 Å². The highest BCUT2D eigenvalue weighted by Gasteiger charge is 2.24. The molecule has 0 unspecified atom stereocenters. The number of rotatable bonds is 4. The highest BCUT2D eigenvalue weighted by molar-refractivity contribution is 6.15. The second-order valence-electron chi connectivity index (χ2n) is 15.2. The first-order valence-corrected chi connectivity index (χ1v) is 19.8. The lowest BCUT2D eigenvalue weighted by molar-refractivity contribution is 0.668. The summed E-state index contributed by atoms with van der Waals surface area (Å²) in [5, 5.41) is 11.0. The summed E-state index contributed by atoms with van der Waals surface area (Å²) in [4.78, 5) is 16.0. The highest BCUT2D eigenvalue weighted by atomic mass is 16.3. The Bertz CT molecular complexity index is 3870. The maximum absolute atomic E-state index is 6.60. The number of hydrogen-bond acceptors (Lipinski definition) is 5. The maximum Gasteiger partial charge on any atom is 0.167 e. The number of para-hydroxylation sites is 4. The molecule has 4 aromatic heterocycles. The first-order chi connectivity index (χ1) is 29.2. The Balaban J connectivity index is 1.16. The van der Waals surface area contributed by atoms with Crippen molar-refractivity contribution in [3.05, 3.63) is 182 Å². The van der Waals surface area contributed by atoms with E-state index in [0.717, 1.165) is 98.8 Å². The quantitative estimate of drug-likeness (QED) is 0.179. The van der Waals surface area contributed by atoms with E-state index in [1.807, 2.05) is 36.4 Å². The van der Waals surface area contributed by atoms with Crippen LogP contribution in [-0.2, 0) is 0 Å². The van der Waals surface area contributed by atoms with E-state index >= 15 is 0 Å². The van der Waals surface area contributed by atoms with E-state index in [0.29, 0.717) is 17.5 Å². The van der Waals surface area contributed by atoms with Crippen molar-refractivity contribution in [3.63, 3.8) is 0 Å². The third kappa shape index (κ3) is 4.84. The average Bonchev–Trinajstić information content (AvgIpc) is 3.96. The molecule has 0 aliphatic heterocycles. The van der Waals surface area contributed by atoms with Crippen LogP contribution in [0.4, 0.5) is 0 Å². The number of nitrogens with zero attached hydrogens (tertiary/aromatic N) is 4. The van der Waals surface area contributed by atoms with Gasteiger partial charge in [0, 0.05) is 49.5 Å². The molecule has 0 atom stereocenters. The third-order valence-corrected chi connectivity index (χ3v) is 11.8. The van der Waals surface area contributed by atoms with Gasteiger partial charge in [-0.25, -0.2) is 15.0 Å². The van der Waals surface area contributed by atoms with Crippen LogP contribution in [0.2, 0.25) is 0 Å². The molecule has 6 heteroatoms. The zero-order valence-corrected chi connectivity index (χ0v) is 31.4. The number of hydrogen-bond donors (Lipinski definition) is 0. The molecule has 4 heterocycles. The molecule has 0 saturated carbocycles. The summed E-state index contributed by atoms with van der Waals surface area (Å²) in [5.74, 6) is 1.64. The van der Waals surface area contributed by atoms with Crippen molar-refractivity contribution < 1.29 is 8.83 Å². The first kappa shape index (κ1) is 32.0. The lowest BCUT2D eigenvalue weighted by atomic mass is 10.0. The highest BCUT2D eigenvalue weighted by Crippen LogP contribution is 2.42. The van der Waals surface area contributed by atoms with Crippen molar-refractivity contribution in [2.45, 2.75) is 0 Å². The van der Waals surface area contributed by atoms with Crippen molar-refractivity contribution in [3.8, 4) is 39.9 Å². The summed E-state index contributed by atoms with van der Waals surface area (Å²) >= 11 is 0. The van der Waals surface area contributed by atoms with E-state index in [1.165, 1.54) is 10.8 Å². The van der Waals surface area contributed by atoms with E-state index in [2.05, 4.69) is 150 Å². The molecule has 0 radical (unpaired) electrons. The number of fused-ring (bicyclic) bond motifs is 11. The molecular formula is C53H30N4O2. The van der Waals surface area contributed by atoms with Crippen LogP contribution in [0.25, 0.3) is 127 Å². The van der Waals surface area contributed by atoms with Crippen molar-refractivity contribution in [2.24, 2.45) is 0 Å². The fraction of sp³-hybridized carbons (Fsp3) is 0. The number of furan rings is 2. The lowest BCUT2D eigenvalue weighted by Gasteiger charge is -2.15. The largest absolute Gasteiger partial charge is 0.456 e. The Labute approximate surface area is 336 Å². The SMILES string of the molecule is c1ccc2cc(-c3nc(-c4cc5c(cc4-n4c6ccccc6c6cc7ccccc7cc64)oc4ccccc45)nc(-c4cccc5c4oc4ccccc45)n3)ccc2c1.